The maximum atomic E-state index is 15.2. The molecule has 1 heterocycles. The van der Waals surface area contributed by atoms with E-state index in [1.54, 1.807) is 38.4 Å². The molecule has 2 aromatic rings. The SMILES string of the molecule is CN(C)C(=O)C1CC(F)(c2ccc(C3=NOC(C)(c4cc(Cl)c(Cl)c(Cl)c4)C3)cc2)C1. The Morgan fingerprint density at radius 1 is 1.10 bits per heavy atom. The van der Waals surface area contributed by atoms with Gasteiger partial charge in [0.25, 0.3) is 0 Å². The molecular formula is C23H22Cl3FN2O2. The van der Waals surface area contributed by atoms with Crippen LogP contribution in [0.15, 0.2) is 41.6 Å². The van der Waals surface area contributed by atoms with Gasteiger partial charge in [0.2, 0.25) is 5.91 Å². The van der Waals surface area contributed by atoms with Gasteiger partial charge in [-0.25, -0.2) is 4.39 Å². The maximum Gasteiger partial charge on any atom is 0.225 e. The summed E-state index contributed by atoms with van der Waals surface area (Å²) in [6.07, 6.45) is 0.925. The molecule has 0 spiro atoms. The van der Waals surface area contributed by atoms with Gasteiger partial charge in [0, 0.05) is 32.0 Å². The lowest BCUT2D eigenvalue weighted by Crippen LogP contribution is -2.45. The molecule has 0 N–H and O–H groups in total. The van der Waals surface area contributed by atoms with Crippen molar-refractivity contribution in [3.8, 4) is 0 Å². The van der Waals surface area contributed by atoms with Crippen molar-refractivity contribution < 1.29 is 14.0 Å². The minimum atomic E-state index is -1.46. The van der Waals surface area contributed by atoms with Gasteiger partial charge in [-0.2, -0.15) is 0 Å². The lowest BCUT2D eigenvalue weighted by atomic mass is 9.68. The minimum Gasteiger partial charge on any atom is -0.384 e. The zero-order chi connectivity index (χ0) is 22.6. The Morgan fingerprint density at radius 3 is 2.23 bits per heavy atom. The first-order valence-corrected chi connectivity index (χ1v) is 11.1. The molecule has 0 saturated heterocycles. The molecule has 4 rings (SSSR count). The number of halogens is 4. The average Bonchev–Trinajstić information content (AvgIpc) is 3.12. The molecule has 0 bridgehead atoms. The Kier molecular flexibility index (Phi) is 5.74. The molecule has 2 aromatic carbocycles. The van der Waals surface area contributed by atoms with Crippen LogP contribution in [0, 0.1) is 5.92 Å². The number of amides is 1. The van der Waals surface area contributed by atoms with Gasteiger partial charge in [-0.1, -0.05) is 64.2 Å². The number of nitrogens with zero attached hydrogens (tertiary/aromatic N) is 2. The number of carbonyl (C=O) groups is 1. The van der Waals surface area contributed by atoms with Gasteiger partial charge < -0.3 is 9.74 Å². The third kappa shape index (κ3) is 4.04. The van der Waals surface area contributed by atoms with E-state index in [1.807, 2.05) is 19.1 Å². The highest BCUT2D eigenvalue weighted by Gasteiger charge is 2.49. The lowest BCUT2D eigenvalue weighted by molar-refractivity contribution is -0.142. The van der Waals surface area contributed by atoms with E-state index < -0.39 is 11.3 Å². The van der Waals surface area contributed by atoms with E-state index >= 15 is 4.39 Å². The number of alkyl halides is 1. The van der Waals surface area contributed by atoms with Crippen LogP contribution in [0.25, 0.3) is 0 Å². The molecule has 1 aliphatic heterocycles. The van der Waals surface area contributed by atoms with Crippen LogP contribution < -0.4 is 0 Å². The third-order valence-electron chi connectivity index (χ3n) is 6.12. The smallest absolute Gasteiger partial charge is 0.225 e. The molecule has 1 fully saturated rings. The molecule has 8 heteroatoms. The maximum absolute atomic E-state index is 15.2. The third-order valence-corrected chi connectivity index (χ3v) is 7.32. The van der Waals surface area contributed by atoms with Crippen molar-refractivity contribution in [2.24, 2.45) is 11.1 Å². The van der Waals surface area contributed by atoms with E-state index in [4.69, 9.17) is 39.6 Å². The number of carbonyl (C=O) groups excluding carboxylic acids is 1. The van der Waals surface area contributed by atoms with Crippen LogP contribution in [0.3, 0.4) is 0 Å². The number of oxime groups is 1. The Labute approximate surface area is 195 Å². The highest BCUT2D eigenvalue weighted by molar-refractivity contribution is 6.48. The fourth-order valence-electron chi connectivity index (χ4n) is 4.17. The van der Waals surface area contributed by atoms with Gasteiger partial charge in [0.05, 0.1) is 20.8 Å². The first-order chi connectivity index (χ1) is 14.5. The number of rotatable bonds is 4. The lowest BCUT2D eigenvalue weighted by Gasteiger charge is -2.41. The Morgan fingerprint density at radius 2 is 1.68 bits per heavy atom. The normalized spacial score (nSPS) is 27.3. The first kappa shape index (κ1) is 22.4. The van der Waals surface area contributed by atoms with E-state index in [0.717, 1.165) is 16.8 Å². The largest absolute Gasteiger partial charge is 0.384 e. The highest BCUT2D eigenvalue weighted by atomic mass is 35.5. The Bertz CT molecular complexity index is 1040. The molecule has 1 unspecified atom stereocenters. The van der Waals surface area contributed by atoms with E-state index in [1.165, 1.54) is 4.90 Å². The summed E-state index contributed by atoms with van der Waals surface area (Å²) in [5, 5.41) is 5.26. The van der Waals surface area contributed by atoms with E-state index in [2.05, 4.69) is 5.16 Å². The summed E-state index contributed by atoms with van der Waals surface area (Å²) in [7, 11) is 3.39. The van der Waals surface area contributed by atoms with Gasteiger partial charge >= 0.3 is 0 Å². The number of hydrogen-bond acceptors (Lipinski definition) is 3. The van der Waals surface area contributed by atoms with Crippen LogP contribution >= 0.6 is 34.8 Å². The predicted molar refractivity (Wildman–Crippen MR) is 122 cm³/mol. The molecule has 1 atom stereocenters. The van der Waals surface area contributed by atoms with Crippen LogP contribution in [0.4, 0.5) is 4.39 Å². The van der Waals surface area contributed by atoms with Crippen molar-refractivity contribution in [2.45, 2.75) is 37.5 Å². The summed E-state index contributed by atoms with van der Waals surface area (Å²) in [6.45, 7) is 1.90. The summed E-state index contributed by atoms with van der Waals surface area (Å²) in [5.41, 5.74) is 0.754. The van der Waals surface area contributed by atoms with E-state index in [9.17, 15) is 4.79 Å². The fraction of sp³-hybridized carbons (Fsp3) is 0.391. The molecule has 31 heavy (non-hydrogen) atoms. The first-order valence-electron chi connectivity index (χ1n) is 9.93. The predicted octanol–water partition coefficient (Wildman–Crippen LogP) is 6.35. The monoisotopic (exact) mass is 482 g/mol. The van der Waals surface area contributed by atoms with Crippen molar-refractivity contribution in [3.05, 3.63) is 68.2 Å². The standard InChI is InChI=1S/C23H22Cl3FN2O2/c1-22(16-8-17(24)20(26)18(25)9-16)12-19(28-31-22)13-4-6-15(7-5-13)23(27)10-14(11-23)21(30)29(2)3/h4-9,14H,10-12H2,1-3H3. The van der Waals surface area contributed by atoms with Crippen molar-refractivity contribution in [1.82, 2.24) is 4.90 Å². The summed E-state index contributed by atoms with van der Waals surface area (Å²) < 4.78 is 15.2. The molecule has 1 saturated carbocycles. The average molecular weight is 484 g/mol. The molecule has 0 aromatic heterocycles. The van der Waals surface area contributed by atoms with Gasteiger partial charge in [-0.05, 0) is 43.0 Å². The van der Waals surface area contributed by atoms with Crippen molar-refractivity contribution in [1.29, 1.82) is 0 Å². The van der Waals surface area contributed by atoms with Crippen molar-refractivity contribution >= 4 is 46.4 Å². The zero-order valence-corrected chi connectivity index (χ0v) is 19.7. The second-order valence-electron chi connectivity index (χ2n) is 8.67. The van der Waals surface area contributed by atoms with Crippen LogP contribution in [-0.2, 0) is 20.9 Å². The molecule has 1 amide bonds. The van der Waals surface area contributed by atoms with Crippen molar-refractivity contribution in [2.75, 3.05) is 14.1 Å². The van der Waals surface area contributed by atoms with Gasteiger partial charge in [0.1, 0.15) is 5.67 Å². The van der Waals surface area contributed by atoms with Gasteiger partial charge in [0.15, 0.2) is 5.60 Å². The van der Waals surface area contributed by atoms with Crippen LogP contribution in [0.5, 0.6) is 0 Å². The molecule has 1 aliphatic carbocycles. The molecule has 164 valence electrons. The topological polar surface area (TPSA) is 41.9 Å². The minimum absolute atomic E-state index is 0.0240. The highest BCUT2D eigenvalue weighted by Crippen LogP contribution is 2.49. The summed E-state index contributed by atoms with van der Waals surface area (Å²) >= 11 is 18.4. The molecule has 4 nitrogen and oxygen atoms in total. The van der Waals surface area contributed by atoms with Gasteiger partial charge in [-0.15, -0.1) is 0 Å². The fourth-order valence-corrected chi connectivity index (χ4v) is 4.76. The van der Waals surface area contributed by atoms with Crippen molar-refractivity contribution in [3.63, 3.8) is 0 Å². The molecule has 2 aliphatic rings. The molecular weight excluding hydrogens is 462 g/mol. The van der Waals surface area contributed by atoms with Crippen LogP contribution in [-0.4, -0.2) is 30.6 Å². The number of benzene rings is 2. The van der Waals surface area contributed by atoms with Gasteiger partial charge in [-0.3, -0.25) is 4.79 Å². The Hall–Kier alpha value is -1.82. The molecule has 0 radical (unpaired) electrons. The summed E-state index contributed by atoms with van der Waals surface area (Å²) in [4.78, 5) is 19.3. The quantitative estimate of drug-likeness (QED) is 0.476. The van der Waals surface area contributed by atoms with Crippen LogP contribution in [0.2, 0.25) is 15.1 Å². The van der Waals surface area contributed by atoms with E-state index in [0.29, 0.717) is 27.1 Å². The summed E-state index contributed by atoms with van der Waals surface area (Å²) in [5.74, 6) is -0.282. The zero-order valence-electron chi connectivity index (χ0n) is 17.4. The number of hydrogen-bond donors (Lipinski definition) is 0. The van der Waals surface area contributed by atoms with Crippen LogP contribution in [0.1, 0.15) is 42.9 Å². The van der Waals surface area contributed by atoms with E-state index in [-0.39, 0.29) is 24.7 Å². The second-order valence-corrected chi connectivity index (χ2v) is 9.86. The summed E-state index contributed by atoms with van der Waals surface area (Å²) in [6, 6.07) is 10.7. The Balaban J connectivity index is 1.47. The second kappa shape index (κ2) is 7.95.